The van der Waals surface area contributed by atoms with Gasteiger partial charge in [-0.25, -0.2) is 0 Å². The van der Waals surface area contributed by atoms with E-state index in [1.807, 2.05) is 30.5 Å². The lowest BCUT2D eigenvalue weighted by molar-refractivity contribution is 0.272. The summed E-state index contributed by atoms with van der Waals surface area (Å²) in [6, 6.07) is 7.56. The number of fused-ring (bicyclic) bond motifs is 1. The number of aromatic amines is 1. The molecule has 2 aromatic rings. The van der Waals surface area contributed by atoms with Gasteiger partial charge in [-0.2, -0.15) is 0 Å². The number of H-pyrrole nitrogens is 1. The Morgan fingerprint density at radius 2 is 2.25 bits per heavy atom. The summed E-state index contributed by atoms with van der Waals surface area (Å²) in [6.07, 6.45) is 1.90. The highest BCUT2D eigenvalue weighted by atomic mass is 31.2. The monoisotopic (exact) mass is 239 g/mol. The molecule has 0 spiro atoms. The van der Waals surface area contributed by atoms with Crippen molar-refractivity contribution in [1.29, 1.82) is 0 Å². The van der Waals surface area contributed by atoms with E-state index in [4.69, 9.17) is 4.52 Å². The molecular weight excluding hydrogens is 225 g/mol. The molecular formula is C11H14NO3P. The van der Waals surface area contributed by atoms with Crippen molar-refractivity contribution in [2.45, 2.75) is 13.1 Å². The average Bonchev–Trinajstić information content (AvgIpc) is 2.63. The van der Waals surface area contributed by atoms with Gasteiger partial charge in [-0.05, 0) is 36.1 Å². The van der Waals surface area contributed by atoms with E-state index in [0.29, 0.717) is 0 Å². The van der Waals surface area contributed by atoms with E-state index in [1.54, 1.807) is 6.92 Å². The fourth-order valence-electron chi connectivity index (χ4n) is 1.68. The van der Waals surface area contributed by atoms with Crippen LogP contribution in [-0.4, -0.2) is 16.5 Å². The smallest absolute Gasteiger partial charge is 0.332 e. The van der Waals surface area contributed by atoms with Crippen molar-refractivity contribution >= 4 is 18.5 Å². The maximum atomic E-state index is 11.6. The molecule has 4 nitrogen and oxygen atoms in total. The molecule has 1 atom stereocenters. The highest BCUT2D eigenvalue weighted by Crippen LogP contribution is 2.45. The van der Waals surface area contributed by atoms with E-state index in [2.05, 4.69) is 4.98 Å². The van der Waals surface area contributed by atoms with E-state index in [-0.39, 0.29) is 12.8 Å². The predicted molar refractivity (Wildman–Crippen MR) is 63.5 cm³/mol. The first-order valence-corrected chi connectivity index (χ1v) is 6.89. The van der Waals surface area contributed by atoms with Gasteiger partial charge in [0.05, 0.1) is 12.8 Å². The minimum Gasteiger partial charge on any atom is -0.361 e. The molecule has 86 valence electrons. The Morgan fingerprint density at radius 1 is 1.44 bits per heavy atom. The van der Waals surface area contributed by atoms with Crippen LogP contribution in [0.5, 0.6) is 0 Å². The average molecular weight is 239 g/mol. The van der Waals surface area contributed by atoms with Crippen molar-refractivity contribution in [3.63, 3.8) is 0 Å². The highest BCUT2D eigenvalue weighted by Gasteiger charge is 2.19. The van der Waals surface area contributed by atoms with Gasteiger partial charge in [0.15, 0.2) is 0 Å². The van der Waals surface area contributed by atoms with E-state index >= 15 is 0 Å². The van der Waals surface area contributed by atoms with Crippen LogP contribution in [0.3, 0.4) is 0 Å². The molecule has 0 aliphatic rings. The Bertz CT molecular complexity index is 535. The number of nitrogens with one attached hydrogen (secondary N) is 1. The van der Waals surface area contributed by atoms with Crippen LogP contribution in [0.25, 0.3) is 10.9 Å². The molecule has 0 saturated heterocycles. The van der Waals surface area contributed by atoms with Gasteiger partial charge < -0.3 is 14.4 Å². The second-order valence-electron chi connectivity index (χ2n) is 3.61. The van der Waals surface area contributed by atoms with E-state index in [9.17, 15) is 9.46 Å². The van der Waals surface area contributed by atoms with Gasteiger partial charge in [0.2, 0.25) is 0 Å². The van der Waals surface area contributed by atoms with Gasteiger partial charge in [0.25, 0.3) is 0 Å². The lowest BCUT2D eigenvalue weighted by Crippen LogP contribution is -1.93. The molecule has 16 heavy (non-hydrogen) atoms. The van der Waals surface area contributed by atoms with Crippen LogP contribution in [0.15, 0.2) is 30.5 Å². The molecule has 5 heteroatoms. The first kappa shape index (κ1) is 11.4. The molecule has 1 unspecified atom stereocenters. The van der Waals surface area contributed by atoms with Gasteiger partial charge in [-0.1, -0.05) is 6.07 Å². The molecule has 0 saturated carbocycles. The molecule has 0 fully saturated rings. The summed E-state index contributed by atoms with van der Waals surface area (Å²) < 4.78 is 16.4. The number of hydrogen-bond acceptors (Lipinski definition) is 2. The van der Waals surface area contributed by atoms with Crippen LogP contribution in [0.2, 0.25) is 0 Å². The summed E-state index contributed by atoms with van der Waals surface area (Å²) in [5, 5.41) is 1.04. The number of hydrogen-bond donors (Lipinski definition) is 2. The maximum Gasteiger partial charge on any atom is 0.332 e. The van der Waals surface area contributed by atoms with Crippen molar-refractivity contribution in [2.75, 3.05) is 6.61 Å². The number of rotatable bonds is 4. The van der Waals surface area contributed by atoms with E-state index in [1.165, 1.54) is 0 Å². The Hall–Kier alpha value is -1.09. The number of aromatic nitrogens is 1. The number of benzene rings is 1. The zero-order chi connectivity index (χ0) is 11.6. The second-order valence-corrected chi connectivity index (χ2v) is 5.46. The lowest BCUT2D eigenvalue weighted by Gasteiger charge is -2.10. The van der Waals surface area contributed by atoms with Crippen LogP contribution >= 0.6 is 7.60 Å². The third kappa shape index (κ3) is 2.53. The van der Waals surface area contributed by atoms with Gasteiger partial charge in [0.1, 0.15) is 0 Å². The Labute approximate surface area is 93.8 Å². The first-order chi connectivity index (χ1) is 7.61. The van der Waals surface area contributed by atoms with Crippen LogP contribution in [0, 0.1) is 0 Å². The second kappa shape index (κ2) is 4.42. The molecule has 2 N–H and O–H groups in total. The van der Waals surface area contributed by atoms with Crippen molar-refractivity contribution in [3.05, 3.63) is 36.0 Å². The molecule has 1 aromatic carbocycles. The third-order valence-electron chi connectivity index (χ3n) is 2.33. The quantitative estimate of drug-likeness (QED) is 0.806. The zero-order valence-electron chi connectivity index (χ0n) is 9.01. The normalized spacial score (nSPS) is 15.1. The minimum absolute atomic E-state index is 0.0575. The minimum atomic E-state index is -3.48. The van der Waals surface area contributed by atoms with Crippen molar-refractivity contribution in [3.8, 4) is 0 Å². The molecule has 1 heterocycles. The van der Waals surface area contributed by atoms with Gasteiger partial charge in [0, 0.05) is 11.7 Å². The summed E-state index contributed by atoms with van der Waals surface area (Å²) >= 11 is 0. The fraction of sp³-hybridized carbons (Fsp3) is 0.273. The van der Waals surface area contributed by atoms with E-state index < -0.39 is 7.60 Å². The summed E-state index contributed by atoms with van der Waals surface area (Å²) in [5.41, 5.74) is 1.83. The van der Waals surface area contributed by atoms with Crippen molar-refractivity contribution < 1.29 is 14.0 Å². The topological polar surface area (TPSA) is 62.3 Å². The molecule has 0 amide bonds. The zero-order valence-corrected chi connectivity index (χ0v) is 9.91. The Balaban J connectivity index is 2.24. The molecule has 1 aromatic heterocycles. The summed E-state index contributed by atoms with van der Waals surface area (Å²) in [4.78, 5) is 12.6. The summed E-state index contributed by atoms with van der Waals surface area (Å²) in [5.74, 6) is 0. The molecule has 0 aliphatic carbocycles. The third-order valence-corrected chi connectivity index (χ3v) is 3.76. The SMILES string of the molecule is CCOP(=O)(O)Cc1ccc2[nH]ccc2c1. The van der Waals surface area contributed by atoms with Crippen LogP contribution in [0.1, 0.15) is 12.5 Å². The summed E-state index contributed by atoms with van der Waals surface area (Å²) in [6.45, 7) is 1.96. The Morgan fingerprint density at radius 3 is 3.00 bits per heavy atom. The van der Waals surface area contributed by atoms with Gasteiger partial charge in [-0.3, -0.25) is 4.57 Å². The van der Waals surface area contributed by atoms with Crippen LogP contribution in [0.4, 0.5) is 0 Å². The fourth-order valence-corrected chi connectivity index (χ4v) is 2.83. The predicted octanol–water partition coefficient (Wildman–Crippen LogP) is 2.89. The molecule has 0 bridgehead atoms. The largest absolute Gasteiger partial charge is 0.361 e. The molecule has 0 aliphatic heterocycles. The van der Waals surface area contributed by atoms with Gasteiger partial charge in [-0.15, -0.1) is 0 Å². The highest BCUT2D eigenvalue weighted by molar-refractivity contribution is 7.51. The maximum absolute atomic E-state index is 11.6. The van der Waals surface area contributed by atoms with Crippen LogP contribution in [-0.2, 0) is 15.3 Å². The van der Waals surface area contributed by atoms with Crippen molar-refractivity contribution in [2.24, 2.45) is 0 Å². The summed E-state index contributed by atoms with van der Waals surface area (Å²) in [7, 11) is -3.48. The van der Waals surface area contributed by atoms with E-state index in [0.717, 1.165) is 16.5 Å². The standard InChI is InChI=1S/C11H14NO3P/c1-2-15-16(13,14)8-9-3-4-11-10(7-9)5-6-12-11/h3-7,12H,2,8H2,1H3,(H,13,14). The first-order valence-electron chi connectivity index (χ1n) is 5.13. The lowest BCUT2D eigenvalue weighted by atomic mass is 10.2. The van der Waals surface area contributed by atoms with Crippen LogP contribution < -0.4 is 0 Å². The van der Waals surface area contributed by atoms with Crippen molar-refractivity contribution in [1.82, 2.24) is 4.98 Å². The van der Waals surface area contributed by atoms with Gasteiger partial charge >= 0.3 is 7.60 Å². The molecule has 2 rings (SSSR count). The molecule has 0 radical (unpaired) electrons. The Kier molecular flexibility index (Phi) is 3.15.